The van der Waals surface area contributed by atoms with Crippen LogP contribution in [0.25, 0.3) is 0 Å². The standard InChI is InChI=1S/C12H16Br2N2O2/c1-2-18-12-9(13)5-8(6-10(12)14)7-16-4-3-11(15)17/h5-6,16H,2-4,7H2,1H3,(H2,15,17). The Bertz CT molecular complexity index is 402. The van der Waals surface area contributed by atoms with Crippen LogP contribution in [-0.2, 0) is 11.3 Å². The number of hydrogen-bond donors (Lipinski definition) is 2. The third kappa shape index (κ3) is 4.96. The quantitative estimate of drug-likeness (QED) is 0.715. The van der Waals surface area contributed by atoms with Gasteiger partial charge < -0.3 is 15.8 Å². The van der Waals surface area contributed by atoms with Gasteiger partial charge in [0.1, 0.15) is 5.75 Å². The Kier molecular flexibility index (Phi) is 6.67. The molecule has 1 aromatic carbocycles. The predicted molar refractivity (Wildman–Crippen MR) is 78.5 cm³/mol. The van der Waals surface area contributed by atoms with E-state index in [0.717, 1.165) is 20.3 Å². The monoisotopic (exact) mass is 378 g/mol. The summed E-state index contributed by atoms with van der Waals surface area (Å²) in [5, 5.41) is 3.16. The second-order valence-corrected chi connectivity index (χ2v) is 5.42. The SMILES string of the molecule is CCOc1c(Br)cc(CNCCC(N)=O)cc1Br. The van der Waals surface area contributed by atoms with Crippen LogP contribution in [0.15, 0.2) is 21.1 Å². The highest BCUT2D eigenvalue weighted by atomic mass is 79.9. The number of carbonyl (C=O) groups is 1. The summed E-state index contributed by atoms with van der Waals surface area (Å²) in [5.41, 5.74) is 6.16. The van der Waals surface area contributed by atoms with Gasteiger partial charge in [-0.2, -0.15) is 0 Å². The third-order valence-electron chi connectivity index (χ3n) is 2.22. The van der Waals surface area contributed by atoms with E-state index in [1.165, 1.54) is 0 Å². The molecule has 0 atom stereocenters. The zero-order chi connectivity index (χ0) is 13.5. The number of rotatable bonds is 7. The number of benzene rings is 1. The van der Waals surface area contributed by atoms with E-state index in [4.69, 9.17) is 10.5 Å². The molecule has 0 radical (unpaired) electrons. The van der Waals surface area contributed by atoms with Crippen LogP contribution in [0.3, 0.4) is 0 Å². The number of hydrogen-bond acceptors (Lipinski definition) is 3. The van der Waals surface area contributed by atoms with Gasteiger partial charge in [0.2, 0.25) is 5.91 Å². The first kappa shape index (κ1) is 15.5. The Morgan fingerprint density at radius 3 is 2.50 bits per heavy atom. The van der Waals surface area contributed by atoms with Gasteiger partial charge in [-0.05, 0) is 56.5 Å². The van der Waals surface area contributed by atoms with Crippen molar-refractivity contribution < 1.29 is 9.53 Å². The first-order chi connectivity index (χ1) is 8.54. The average Bonchev–Trinajstić information content (AvgIpc) is 2.29. The molecule has 0 saturated carbocycles. The lowest BCUT2D eigenvalue weighted by Crippen LogP contribution is -2.21. The van der Waals surface area contributed by atoms with E-state index >= 15 is 0 Å². The van der Waals surface area contributed by atoms with E-state index in [0.29, 0.717) is 26.1 Å². The van der Waals surface area contributed by atoms with Crippen LogP contribution < -0.4 is 15.8 Å². The van der Waals surface area contributed by atoms with Gasteiger partial charge in [0.15, 0.2) is 0 Å². The summed E-state index contributed by atoms with van der Waals surface area (Å²) in [7, 11) is 0. The largest absolute Gasteiger partial charge is 0.492 e. The summed E-state index contributed by atoms with van der Waals surface area (Å²) in [6.45, 7) is 3.82. The molecular weight excluding hydrogens is 364 g/mol. The molecule has 18 heavy (non-hydrogen) atoms. The number of nitrogens with two attached hydrogens (primary N) is 1. The fourth-order valence-corrected chi connectivity index (χ4v) is 2.95. The number of halogens is 2. The molecule has 6 heteroatoms. The predicted octanol–water partition coefficient (Wildman–Crippen LogP) is 2.58. The molecule has 0 aliphatic heterocycles. The molecule has 0 bridgehead atoms. The van der Waals surface area contributed by atoms with Crippen LogP contribution >= 0.6 is 31.9 Å². The van der Waals surface area contributed by atoms with Crippen LogP contribution in [0.1, 0.15) is 18.9 Å². The highest BCUT2D eigenvalue weighted by Crippen LogP contribution is 2.34. The summed E-state index contributed by atoms with van der Waals surface area (Å²) < 4.78 is 7.32. The molecule has 0 spiro atoms. The van der Waals surface area contributed by atoms with Crippen LogP contribution in [0.2, 0.25) is 0 Å². The van der Waals surface area contributed by atoms with Crippen molar-refractivity contribution in [2.45, 2.75) is 19.9 Å². The summed E-state index contributed by atoms with van der Waals surface area (Å²) in [6, 6.07) is 3.99. The van der Waals surface area contributed by atoms with Crippen LogP contribution in [-0.4, -0.2) is 19.1 Å². The summed E-state index contributed by atoms with van der Waals surface area (Å²) >= 11 is 6.95. The average molecular weight is 380 g/mol. The van der Waals surface area contributed by atoms with Crippen LogP contribution in [0.4, 0.5) is 0 Å². The van der Waals surface area contributed by atoms with Crippen molar-refractivity contribution in [3.63, 3.8) is 0 Å². The highest BCUT2D eigenvalue weighted by Gasteiger charge is 2.08. The number of primary amides is 1. The molecule has 0 fully saturated rings. The maximum absolute atomic E-state index is 10.6. The molecule has 0 aliphatic carbocycles. The van der Waals surface area contributed by atoms with Gasteiger partial charge in [0, 0.05) is 19.5 Å². The minimum atomic E-state index is -0.295. The minimum Gasteiger partial charge on any atom is -0.492 e. The Morgan fingerprint density at radius 2 is 2.00 bits per heavy atom. The molecule has 0 heterocycles. The zero-order valence-corrected chi connectivity index (χ0v) is 13.3. The second-order valence-electron chi connectivity index (χ2n) is 3.71. The lowest BCUT2D eigenvalue weighted by molar-refractivity contribution is -0.117. The van der Waals surface area contributed by atoms with Crippen molar-refractivity contribution in [1.29, 1.82) is 0 Å². The van der Waals surface area contributed by atoms with E-state index in [-0.39, 0.29) is 5.91 Å². The van der Waals surface area contributed by atoms with Crippen LogP contribution in [0.5, 0.6) is 5.75 Å². The molecule has 0 unspecified atom stereocenters. The third-order valence-corrected chi connectivity index (χ3v) is 3.40. The van der Waals surface area contributed by atoms with Crippen molar-refractivity contribution in [2.75, 3.05) is 13.2 Å². The first-order valence-corrected chi connectivity index (χ1v) is 7.23. The van der Waals surface area contributed by atoms with E-state index in [1.54, 1.807) is 0 Å². The summed E-state index contributed by atoms with van der Waals surface area (Å²) in [5.74, 6) is 0.509. The fourth-order valence-electron chi connectivity index (χ4n) is 1.44. The normalized spacial score (nSPS) is 10.4. The second kappa shape index (κ2) is 7.76. The Hall–Kier alpha value is -0.590. The Balaban J connectivity index is 2.60. The van der Waals surface area contributed by atoms with Gasteiger partial charge in [0.05, 0.1) is 15.6 Å². The van der Waals surface area contributed by atoms with E-state index < -0.39 is 0 Å². The zero-order valence-electron chi connectivity index (χ0n) is 10.1. The van der Waals surface area contributed by atoms with E-state index in [9.17, 15) is 4.79 Å². The van der Waals surface area contributed by atoms with Gasteiger partial charge in [0.25, 0.3) is 0 Å². The molecular formula is C12H16Br2N2O2. The van der Waals surface area contributed by atoms with E-state index in [2.05, 4.69) is 37.2 Å². The molecule has 3 N–H and O–H groups in total. The topological polar surface area (TPSA) is 64.3 Å². The van der Waals surface area contributed by atoms with Gasteiger partial charge in [-0.1, -0.05) is 0 Å². The molecule has 0 saturated heterocycles. The smallest absolute Gasteiger partial charge is 0.218 e. The molecule has 1 rings (SSSR count). The van der Waals surface area contributed by atoms with Crippen molar-refractivity contribution in [3.8, 4) is 5.75 Å². The highest BCUT2D eigenvalue weighted by molar-refractivity contribution is 9.11. The number of nitrogens with one attached hydrogen (secondary N) is 1. The molecule has 4 nitrogen and oxygen atoms in total. The van der Waals surface area contributed by atoms with Crippen molar-refractivity contribution >= 4 is 37.8 Å². The van der Waals surface area contributed by atoms with Gasteiger partial charge >= 0.3 is 0 Å². The molecule has 1 aromatic rings. The first-order valence-electron chi connectivity index (χ1n) is 5.64. The summed E-state index contributed by atoms with van der Waals surface area (Å²) in [6.07, 6.45) is 0.347. The number of carbonyl (C=O) groups excluding carboxylic acids is 1. The lowest BCUT2D eigenvalue weighted by Gasteiger charge is -2.11. The van der Waals surface area contributed by atoms with Crippen LogP contribution in [0, 0.1) is 0 Å². The Morgan fingerprint density at radius 1 is 1.39 bits per heavy atom. The van der Waals surface area contributed by atoms with Crippen molar-refractivity contribution in [1.82, 2.24) is 5.32 Å². The maximum atomic E-state index is 10.6. The minimum absolute atomic E-state index is 0.295. The molecule has 0 aromatic heterocycles. The van der Waals surface area contributed by atoms with Crippen molar-refractivity contribution in [3.05, 3.63) is 26.6 Å². The number of ether oxygens (including phenoxy) is 1. The molecule has 0 aliphatic rings. The van der Waals surface area contributed by atoms with E-state index in [1.807, 2.05) is 19.1 Å². The van der Waals surface area contributed by atoms with Gasteiger partial charge in [-0.25, -0.2) is 0 Å². The lowest BCUT2D eigenvalue weighted by atomic mass is 10.2. The Labute approximate surface area is 124 Å². The fraction of sp³-hybridized carbons (Fsp3) is 0.417. The van der Waals surface area contributed by atoms with Crippen molar-refractivity contribution in [2.24, 2.45) is 5.73 Å². The summed E-state index contributed by atoms with van der Waals surface area (Å²) in [4.78, 5) is 10.6. The number of amides is 1. The molecule has 1 amide bonds. The maximum Gasteiger partial charge on any atom is 0.218 e. The molecule has 100 valence electrons. The van der Waals surface area contributed by atoms with Gasteiger partial charge in [-0.15, -0.1) is 0 Å². The van der Waals surface area contributed by atoms with Gasteiger partial charge in [-0.3, -0.25) is 4.79 Å².